The first-order valence-electron chi connectivity index (χ1n) is 6.92. The summed E-state index contributed by atoms with van der Waals surface area (Å²) in [4.78, 5) is 13.5. The van der Waals surface area contributed by atoms with Gasteiger partial charge in [-0.1, -0.05) is 13.8 Å². The Balaban J connectivity index is 2.12. The van der Waals surface area contributed by atoms with Crippen LogP contribution in [0.1, 0.15) is 39.5 Å². The van der Waals surface area contributed by atoms with Crippen LogP contribution in [0.4, 0.5) is 0 Å². The number of nitrogens with zero attached hydrogens (tertiary/aromatic N) is 1. The molecule has 0 unspecified atom stereocenters. The topological polar surface area (TPSA) is 58.4 Å². The van der Waals surface area contributed by atoms with Gasteiger partial charge in [-0.25, -0.2) is 0 Å². The molecule has 0 aromatic heterocycles. The van der Waals surface area contributed by atoms with E-state index in [1.165, 1.54) is 0 Å². The summed E-state index contributed by atoms with van der Waals surface area (Å²) < 4.78 is 0. The van der Waals surface area contributed by atoms with E-state index in [0.29, 0.717) is 6.04 Å². The summed E-state index contributed by atoms with van der Waals surface area (Å²) in [5, 5.41) is 3.59. The Morgan fingerprint density at radius 2 is 1.82 bits per heavy atom. The van der Waals surface area contributed by atoms with Crippen molar-refractivity contribution in [1.29, 1.82) is 0 Å². The van der Waals surface area contributed by atoms with Crippen molar-refractivity contribution >= 4 is 5.91 Å². The van der Waals surface area contributed by atoms with Crippen molar-refractivity contribution in [3.63, 3.8) is 0 Å². The molecule has 0 atom stereocenters. The Morgan fingerprint density at radius 3 is 2.29 bits per heavy atom. The summed E-state index contributed by atoms with van der Waals surface area (Å²) in [6.45, 7) is 8.79. The van der Waals surface area contributed by atoms with E-state index in [1.807, 2.05) is 0 Å². The van der Waals surface area contributed by atoms with Gasteiger partial charge in [-0.05, 0) is 38.8 Å². The number of hydrogen-bond acceptors (Lipinski definition) is 3. The van der Waals surface area contributed by atoms with Gasteiger partial charge in [-0.3, -0.25) is 4.79 Å². The zero-order chi connectivity index (χ0) is 12.7. The predicted molar refractivity (Wildman–Crippen MR) is 70.7 cm³/mol. The molecule has 1 aliphatic rings. The molecule has 0 saturated heterocycles. The van der Waals surface area contributed by atoms with E-state index in [0.717, 1.165) is 51.9 Å². The molecule has 4 heteroatoms. The van der Waals surface area contributed by atoms with E-state index < -0.39 is 0 Å². The molecule has 0 aliphatic heterocycles. The molecule has 1 amide bonds. The maximum atomic E-state index is 11.0. The Labute approximate surface area is 105 Å². The van der Waals surface area contributed by atoms with Crippen molar-refractivity contribution < 1.29 is 4.79 Å². The molecular formula is C13H27N3O. The number of nitrogens with one attached hydrogen (secondary N) is 1. The third-order valence-electron chi connectivity index (χ3n) is 3.89. The average Bonchev–Trinajstić information content (AvgIpc) is 2.35. The van der Waals surface area contributed by atoms with Crippen molar-refractivity contribution in [3.05, 3.63) is 0 Å². The summed E-state index contributed by atoms with van der Waals surface area (Å²) in [5.74, 6) is 0.00224. The lowest BCUT2D eigenvalue weighted by Gasteiger charge is -2.28. The lowest BCUT2D eigenvalue weighted by atomic mass is 9.85. The Morgan fingerprint density at radius 1 is 1.24 bits per heavy atom. The monoisotopic (exact) mass is 241 g/mol. The third kappa shape index (κ3) is 5.04. The Bertz CT molecular complexity index is 221. The highest BCUT2D eigenvalue weighted by molar-refractivity contribution is 5.76. The summed E-state index contributed by atoms with van der Waals surface area (Å²) in [6.07, 6.45) is 4.09. The first-order chi connectivity index (χ1) is 8.17. The maximum absolute atomic E-state index is 11.0. The smallest absolute Gasteiger partial charge is 0.220 e. The fourth-order valence-electron chi connectivity index (χ4n) is 2.55. The van der Waals surface area contributed by atoms with Gasteiger partial charge in [-0.2, -0.15) is 0 Å². The fraction of sp³-hybridized carbons (Fsp3) is 0.923. The summed E-state index contributed by atoms with van der Waals surface area (Å²) in [5.41, 5.74) is 5.32. The molecule has 0 radical (unpaired) electrons. The zero-order valence-electron chi connectivity index (χ0n) is 11.2. The summed E-state index contributed by atoms with van der Waals surface area (Å²) in [7, 11) is 0. The molecule has 1 saturated carbocycles. The Hall–Kier alpha value is -0.610. The van der Waals surface area contributed by atoms with E-state index >= 15 is 0 Å². The number of carbonyl (C=O) groups excluding carboxylic acids is 1. The summed E-state index contributed by atoms with van der Waals surface area (Å²) in [6, 6.07) is 0.584. The zero-order valence-corrected chi connectivity index (χ0v) is 11.2. The first kappa shape index (κ1) is 14.5. The van der Waals surface area contributed by atoms with Crippen molar-refractivity contribution in [2.75, 3.05) is 26.2 Å². The van der Waals surface area contributed by atoms with E-state index in [4.69, 9.17) is 5.73 Å². The largest absolute Gasteiger partial charge is 0.369 e. The van der Waals surface area contributed by atoms with Gasteiger partial charge in [0.1, 0.15) is 0 Å². The van der Waals surface area contributed by atoms with Gasteiger partial charge in [0.2, 0.25) is 5.91 Å². The van der Waals surface area contributed by atoms with Gasteiger partial charge in [-0.15, -0.1) is 0 Å². The van der Waals surface area contributed by atoms with Crippen LogP contribution in [0.3, 0.4) is 0 Å². The maximum Gasteiger partial charge on any atom is 0.220 e. The highest BCUT2D eigenvalue weighted by Crippen LogP contribution is 2.23. The lowest BCUT2D eigenvalue weighted by molar-refractivity contribution is -0.122. The van der Waals surface area contributed by atoms with E-state index in [-0.39, 0.29) is 11.8 Å². The second kappa shape index (κ2) is 7.67. The van der Waals surface area contributed by atoms with Gasteiger partial charge in [0.05, 0.1) is 0 Å². The minimum Gasteiger partial charge on any atom is -0.369 e. The molecule has 0 spiro atoms. The van der Waals surface area contributed by atoms with Gasteiger partial charge in [0, 0.05) is 25.0 Å². The van der Waals surface area contributed by atoms with Gasteiger partial charge >= 0.3 is 0 Å². The van der Waals surface area contributed by atoms with Crippen LogP contribution in [0, 0.1) is 5.92 Å². The molecule has 1 aliphatic carbocycles. The van der Waals surface area contributed by atoms with Crippen LogP contribution in [0.2, 0.25) is 0 Å². The van der Waals surface area contributed by atoms with E-state index in [9.17, 15) is 4.79 Å². The van der Waals surface area contributed by atoms with Crippen LogP contribution in [0.25, 0.3) is 0 Å². The van der Waals surface area contributed by atoms with E-state index in [2.05, 4.69) is 24.1 Å². The van der Waals surface area contributed by atoms with Gasteiger partial charge < -0.3 is 16.0 Å². The molecule has 0 aromatic carbocycles. The van der Waals surface area contributed by atoms with Crippen LogP contribution >= 0.6 is 0 Å². The average molecular weight is 241 g/mol. The molecule has 100 valence electrons. The molecule has 0 heterocycles. The standard InChI is InChI=1S/C13H27N3O/c1-3-16(4-2)10-9-15-12-7-5-11(6-8-12)13(14)17/h11-12,15H,3-10H2,1-2H3,(H2,14,17). The van der Waals surface area contributed by atoms with Crippen molar-refractivity contribution in [2.24, 2.45) is 11.7 Å². The van der Waals surface area contributed by atoms with Gasteiger partial charge in [0.25, 0.3) is 0 Å². The highest BCUT2D eigenvalue weighted by Gasteiger charge is 2.24. The molecule has 0 aromatic rings. The van der Waals surface area contributed by atoms with Crippen molar-refractivity contribution in [2.45, 2.75) is 45.6 Å². The van der Waals surface area contributed by atoms with Crippen LogP contribution < -0.4 is 11.1 Å². The minimum absolute atomic E-state index is 0.119. The quantitative estimate of drug-likeness (QED) is 0.698. The molecule has 17 heavy (non-hydrogen) atoms. The summed E-state index contributed by atoms with van der Waals surface area (Å²) >= 11 is 0. The van der Waals surface area contributed by atoms with Crippen LogP contribution in [-0.2, 0) is 4.79 Å². The molecule has 4 nitrogen and oxygen atoms in total. The van der Waals surface area contributed by atoms with Crippen LogP contribution in [0.15, 0.2) is 0 Å². The number of primary amides is 1. The van der Waals surface area contributed by atoms with Crippen LogP contribution in [0.5, 0.6) is 0 Å². The first-order valence-corrected chi connectivity index (χ1v) is 6.92. The molecular weight excluding hydrogens is 214 g/mol. The molecule has 1 rings (SSSR count). The lowest BCUT2D eigenvalue weighted by Crippen LogP contribution is -2.40. The predicted octanol–water partition coefficient (Wildman–Crippen LogP) is 0.962. The molecule has 3 N–H and O–H groups in total. The highest BCUT2D eigenvalue weighted by atomic mass is 16.1. The van der Waals surface area contributed by atoms with Gasteiger partial charge in [0.15, 0.2) is 0 Å². The molecule has 1 fully saturated rings. The Kier molecular flexibility index (Phi) is 6.52. The van der Waals surface area contributed by atoms with Crippen LogP contribution in [-0.4, -0.2) is 43.0 Å². The van der Waals surface area contributed by atoms with Crippen molar-refractivity contribution in [3.8, 4) is 0 Å². The minimum atomic E-state index is -0.119. The van der Waals surface area contributed by atoms with Crippen molar-refractivity contribution in [1.82, 2.24) is 10.2 Å². The SMILES string of the molecule is CCN(CC)CCNC1CCC(C(N)=O)CC1. The third-order valence-corrected chi connectivity index (χ3v) is 3.89. The molecule has 0 bridgehead atoms. The second-order valence-electron chi connectivity index (χ2n) is 4.93. The normalized spacial score (nSPS) is 25.1. The number of likely N-dealkylation sites (N-methyl/N-ethyl adjacent to an activating group) is 1. The number of amides is 1. The van der Waals surface area contributed by atoms with E-state index in [1.54, 1.807) is 0 Å². The number of nitrogens with two attached hydrogens (primary N) is 1. The number of carbonyl (C=O) groups is 1. The number of rotatable bonds is 7. The number of hydrogen-bond donors (Lipinski definition) is 2. The fourth-order valence-corrected chi connectivity index (χ4v) is 2.55. The second-order valence-corrected chi connectivity index (χ2v) is 4.93.